The van der Waals surface area contributed by atoms with Gasteiger partial charge in [-0.1, -0.05) is 16.4 Å². The number of nitrogens with zero attached hydrogens (tertiary/aromatic N) is 3. The zero-order valence-corrected chi connectivity index (χ0v) is 14.2. The van der Waals surface area contributed by atoms with Crippen molar-refractivity contribution in [2.24, 2.45) is 0 Å². The molecular formula is C17H19N5O3. The maximum Gasteiger partial charge on any atom is 0.319 e. The number of benzene rings is 1. The van der Waals surface area contributed by atoms with Crippen molar-refractivity contribution in [1.82, 2.24) is 20.6 Å². The first-order valence-electron chi connectivity index (χ1n) is 7.81. The van der Waals surface area contributed by atoms with Crippen molar-refractivity contribution in [2.45, 2.75) is 32.7 Å². The highest BCUT2D eigenvalue weighted by Gasteiger charge is 2.15. The Morgan fingerprint density at radius 1 is 1.20 bits per heavy atom. The first-order valence-corrected chi connectivity index (χ1v) is 7.81. The van der Waals surface area contributed by atoms with Crippen molar-refractivity contribution in [3.05, 3.63) is 48.1 Å². The third kappa shape index (κ3) is 4.66. The number of nitrogens with one attached hydrogen (secondary N) is 2. The fourth-order valence-electron chi connectivity index (χ4n) is 2.17. The molecule has 0 unspecified atom stereocenters. The summed E-state index contributed by atoms with van der Waals surface area (Å²) in [5.74, 6) is 1.52. The summed E-state index contributed by atoms with van der Waals surface area (Å²) in [7, 11) is 0. The standard InChI is InChI=1S/C17H19N5O3/c1-17(2,3)21-16(23)19-12-6-4-5-11(9-12)15-20-14(22-25-15)10-13-7-8-18-24-13/h4-9H,10H2,1-3H3,(H2,19,21,23). The minimum Gasteiger partial charge on any atom is -0.361 e. The minimum atomic E-state index is -0.316. The molecule has 0 atom stereocenters. The molecule has 3 rings (SSSR count). The van der Waals surface area contributed by atoms with E-state index < -0.39 is 0 Å². The van der Waals surface area contributed by atoms with Crippen molar-refractivity contribution >= 4 is 11.7 Å². The molecule has 130 valence electrons. The molecule has 0 aliphatic rings. The fourth-order valence-corrected chi connectivity index (χ4v) is 2.17. The van der Waals surface area contributed by atoms with Crippen molar-refractivity contribution in [2.75, 3.05) is 5.32 Å². The van der Waals surface area contributed by atoms with Gasteiger partial charge in [0.1, 0.15) is 5.76 Å². The molecule has 2 aromatic heterocycles. The Kier molecular flexibility index (Phi) is 4.51. The monoisotopic (exact) mass is 341 g/mol. The van der Waals surface area contributed by atoms with Gasteiger partial charge < -0.3 is 19.7 Å². The second-order valence-electron chi connectivity index (χ2n) is 6.58. The van der Waals surface area contributed by atoms with Crippen LogP contribution < -0.4 is 10.6 Å². The molecule has 2 N–H and O–H groups in total. The number of hydrogen-bond acceptors (Lipinski definition) is 6. The van der Waals surface area contributed by atoms with Crippen LogP contribution in [0.25, 0.3) is 11.5 Å². The van der Waals surface area contributed by atoms with Gasteiger partial charge in [-0.15, -0.1) is 0 Å². The van der Waals surface area contributed by atoms with E-state index in [9.17, 15) is 4.79 Å². The Morgan fingerprint density at radius 3 is 2.76 bits per heavy atom. The second kappa shape index (κ2) is 6.76. The highest BCUT2D eigenvalue weighted by Crippen LogP contribution is 2.21. The summed E-state index contributed by atoms with van der Waals surface area (Å²) < 4.78 is 10.3. The Bertz CT molecular complexity index is 849. The van der Waals surface area contributed by atoms with Crippen LogP contribution in [0.1, 0.15) is 32.4 Å². The molecule has 3 aromatic rings. The van der Waals surface area contributed by atoms with Crippen molar-refractivity contribution in [1.29, 1.82) is 0 Å². The van der Waals surface area contributed by atoms with Gasteiger partial charge in [0.05, 0.1) is 12.6 Å². The number of urea groups is 1. The molecule has 0 saturated heterocycles. The summed E-state index contributed by atoms with van der Waals surface area (Å²) in [5.41, 5.74) is 1.03. The summed E-state index contributed by atoms with van der Waals surface area (Å²) in [4.78, 5) is 16.3. The van der Waals surface area contributed by atoms with Crippen LogP contribution in [-0.4, -0.2) is 26.9 Å². The van der Waals surface area contributed by atoms with E-state index in [4.69, 9.17) is 9.05 Å². The largest absolute Gasteiger partial charge is 0.361 e. The van der Waals surface area contributed by atoms with E-state index in [0.29, 0.717) is 35.1 Å². The third-order valence-electron chi connectivity index (χ3n) is 3.15. The Morgan fingerprint density at radius 2 is 2.04 bits per heavy atom. The fraction of sp³-hybridized carbons (Fsp3) is 0.294. The zero-order valence-electron chi connectivity index (χ0n) is 14.2. The predicted molar refractivity (Wildman–Crippen MR) is 91.0 cm³/mol. The molecule has 0 bridgehead atoms. The number of rotatable bonds is 4. The molecule has 0 saturated carbocycles. The first kappa shape index (κ1) is 16.7. The molecule has 25 heavy (non-hydrogen) atoms. The molecule has 0 aliphatic heterocycles. The first-order chi connectivity index (χ1) is 11.9. The van der Waals surface area contributed by atoms with Crippen LogP contribution in [0, 0.1) is 0 Å². The van der Waals surface area contributed by atoms with E-state index in [-0.39, 0.29) is 11.6 Å². The highest BCUT2D eigenvalue weighted by molar-refractivity contribution is 5.90. The van der Waals surface area contributed by atoms with E-state index in [1.165, 1.54) is 0 Å². The van der Waals surface area contributed by atoms with E-state index in [0.717, 1.165) is 0 Å². The van der Waals surface area contributed by atoms with Crippen molar-refractivity contribution in [3.8, 4) is 11.5 Å². The molecule has 2 amide bonds. The van der Waals surface area contributed by atoms with Crippen LogP contribution in [0.4, 0.5) is 10.5 Å². The maximum absolute atomic E-state index is 12.0. The van der Waals surface area contributed by atoms with Crippen molar-refractivity contribution < 1.29 is 13.8 Å². The number of carbonyl (C=O) groups excluding carboxylic acids is 1. The lowest BCUT2D eigenvalue weighted by atomic mass is 10.1. The molecular weight excluding hydrogens is 322 g/mol. The smallest absolute Gasteiger partial charge is 0.319 e. The van der Waals surface area contributed by atoms with Gasteiger partial charge in [-0.2, -0.15) is 4.98 Å². The Labute approximate surface area is 144 Å². The molecule has 0 spiro atoms. The second-order valence-corrected chi connectivity index (χ2v) is 6.58. The van der Waals surface area contributed by atoms with E-state index in [1.807, 2.05) is 32.9 Å². The molecule has 2 heterocycles. The van der Waals surface area contributed by atoms with Gasteiger partial charge in [0.25, 0.3) is 5.89 Å². The lowest BCUT2D eigenvalue weighted by Crippen LogP contribution is -2.43. The maximum atomic E-state index is 12.0. The molecule has 0 aliphatic carbocycles. The summed E-state index contributed by atoms with van der Waals surface area (Å²) in [6.07, 6.45) is 1.96. The van der Waals surface area contributed by atoms with E-state index in [1.54, 1.807) is 24.4 Å². The van der Waals surface area contributed by atoms with Gasteiger partial charge in [-0.05, 0) is 39.0 Å². The van der Waals surface area contributed by atoms with Gasteiger partial charge in [-0.3, -0.25) is 0 Å². The van der Waals surface area contributed by atoms with Gasteiger partial charge in [0.15, 0.2) is 5.82 Å². The van der Waals surface area contributed by atoms with E-state index >= 15 is 0 Å². The molecule has 1 aromatic carbocycles. The minimum absolute atomic E-state index is 0.277. The van der Waals surface area contributed by atoms with Gasteiger partial charge >= 0.3 is 6.03 Å². The van der Waals surface area contributed by atoms with Gasteiger partial charge in [-0.25, -0.2) is 4.79 Å². The van der Waals surface area contributed by atoms with Crippen LogP contribution in [0.15, 0.2) is 45.6 Å². The highest BCUT2D eigenvalue weighted by atomic mass is 16.5. The Hall–Kier alpha value is -3.16. The predicted octanol–water partition coefficient (Wildman–Crippen LogP) is 3.24. The van der Waals surface area contributed by atoms with Crippen LogP contribution >= 0.6 is 0 Å². The lowest BCUT2D eigenvalue weighted by Gasteiger charge is -2.20. The number of anilines is 1. The number of carbonyl (C=O) groups is 1. The number of amides is 2. The van der Waals surface area contributed by atoms with Gasteiger partial charge in [0, 0.05) is 22.9 Å². The summed E-state index contributed by atoms with van der Waals surface area (Å²) in [5, 5.41) is 13.2. The van der Waals surface area contributed by atoms with Gasteiger partial charge in [0.2, 0.25) is 0 Å². The molecule has 0 radical (unpaired) electrons. The average molecular weight is 341 g/mol. The summed E-state index contributed by atoms with van der Waals surface area (Å²) >= 11 is 0. The summed E-state index contributed by atoms with van der Waals surface area (Å²) in [6.45, 7) is 5.74. The quantitative estimate of drug-likeness (QED) is 0.754. The zero-order chi connectivity index (χ0) is 17.9. The average Bonchev–Trinajstić information content (AvgIpc) is 3.18. The SMILES string of the molecule is CC(C)(C)NC(=O)Nc1cccc(-c2nc(Cc3ccno3)no2)c1. The number of hydrogen-bond donors (Lipinski definition) is 2. The van der Waals surface area contributed by atoms with Crippen LogP contribution in [-0.2, 0) is 6.42 Å². The third-order valence-corrected chi connectivity index (χ3v) is 3.15. The summed E-state index contributed by atoms with van der Waals surface area (Å²) in [6, 6.07) is 8.67. The van der Waals surface area contributed by atoms with E-state index in [2.05, 4.69) is 25.9 Å². The molecule has 8 heteroatoms. The lowest BCUT2D eigenvalue weighted by molar-refractivity contribution is 0.244. The molecule has 0 fully saturated rings. The van der Waals surface area contributed by atoms with Crippen LogP contribution in [0.3, 0.4) is 0 Å². The van der Waals surface area contributed by atoms with Crippen LogP contribution in [0.2, 0.25) is 0 Å². The topological polar surface area (TPSA) is 106 Å². The van der Waals surface area contributed by atoms with Crippen molar-refractivity contribution in [3.63, 3.8) is 0 Å². The van der Waals surface area contributed by atoms with Crippen LogP contribution in [0.5, 0.6) is 0 Å². The Balaban J connectivity index is 1.71. The number of aromatic nitrogens is 3. The normalized spacial score (nSPS) is 11.3. The molecule has 8 nitrogen and oxygen atoms in total.